The number of hydrogen-bond acceptors (Lipinski definition) is 2. The summed E-state index contributed by atoms with van der Waals surface area (Å²) in [6.45, 7) is 7.56. The van der Waals surface area contributed by atoms with Crippen LogP contribution in [0.15, 0.2) is 24.4 Å². The molecule has 0 amide bonds. The first kappa shape index (κ1) is 12.1. The van der Waals surface area contributed by atoms with Crippen LogP contribution in [-0.2, 0) is 12.0 Å². The molecule has 0 unspecified atom stereocenters. The molecule has 0 spiro atoms. The molecule has 92 valence electrons. The molecular weight excluding hydrogens is 210 g/mol. The maximum atomic E-state index is 4.77. The maximum absolute atomic E-state index is 4.77. The van der Waals surface area contributed by atoms with E-state index in [1.807, 2.05) is 6.07 Å². The molecule has 0 radical (unpaired) electrons. The van der Waals surface area contributed by atoms with Gasteiger partial charge in [-0.3, -0.25) is 0 Å². The van der Waals surface area contributed by atoms with Crippen LogP contribution >= 0.6 is 0 Å². The number of imidazole rings is 1. The average molecular weight is 231 g/mol. The van der Waals surface area contributed by atoms with Gasteiger partial charge in [0, 0.05) is 18.2 Å². The van der Waals surface area contributed by atoms with Gasteiger partial charge < -0.3 is 9.30 Å². The summed E-state index contributed by atoms with van der Waals surface area (Å²) >= 11 is 0. The van der Waals surface area contributed by atoms with Crippen LogP contribution in [-0.4, -0.2) is 28.4 Å². The minimum atomic E-state index is 0.0807. The van der Waals surface area contributed by atoms with Crippen molar-refractivity contribution in [3.05, 3.63) is 35.8 Å². The third-order valence-corrected chi connectivity index (χ3v) is 2.81. The summed E-state index contributed by atoms with van der Waals surface area (Å²) in [5.41, 5.74) is 3.60. The first-order valence-corrected chi connectivity index (χ1v) is 6.01. The van der Waals surface area contributed by atoms with Crippen molar-refractivity contribution < 1.29 is 0 Å². The number of pyridine rings is 1. The Bertz CT molecular complexity index is 518. The average Bonchev–Trinajstić information content (AvgIpc) is 2.56. The van der Waals surface area contributed by atoms with E-state index in [9.17, 15) is 0 Å². The van der Waals surface area contributed by atoms with E-state index in [4.69, 9.17) is 4.98 Å². The van der Waals surface area contributed by atoms with Gasteiger partial charge in [-0.15, -0.1) is 0 Å². The molecule has 0 aliphatic rings. The molecular formula is C14H21N3. The largest absolute Gasteiger partial charge is 0.304 e. The SMILES string of the molecule is CN(C)Cc1c(C(C)(C)C)nc2ccccn12. The van der Waals surface area contributed by atoms with Crippen molar-refractivity contribution >= 4 is 5.65 Å². The molecule has 2 heterocycles. The third kappa shape index (κ3) is 2.34. The molecule has 0 aromatic carbocycles. The van der Waals surface area contributed by atoms with Gasteiger partial charge in [-0.1, -0.05) is 26.8 Å². The zero-order valence-electron chi connectivity index (χ0n) is 11.4. The lowest BCUT2D eigenvalue weighted by molar-refractivity contribution is 0.389. The van der Waals surface area contributed by atoms with Gasteiger partial charge in [-0.2, -0.15) is 0 Å². The van der Waals surface area contributed by atoms with E-state index in [-0.39, 0.29) is 5.41 Å². The normalized spacial score (nSPS) is 12.6. The van der Waals surface area contributed by atoms with Gasteiger partial charge in [-0.25, -0.2) is 4.98 Å². The molecule has 3 nitrogen and oxygen atoms in total. The quantitative estimate of drug-likeness (QED) is 0.792. The Kier molecular flexibility index (Phi) is 2.96. The van der Waals surface area contributed by atoms with Crippen molar-refractivity contribution in [1.29, 1.82) is 0 Å². The predicted octanol–water partition coefficient (Wildman–Crippen LogP) is 2.69. The first-order valence-electron chi connectivity index (χ1n) is 6.01. The van der Waals surface area contributed by atoms with E-state index in [2.05, 4.69) is 62.5 Å². The van der Waals surface area contributed by atoms with E-state index in [0.29, 0.717) is 0 Å². The van der Waals surface area contributed by atoms with Gasteiger partial charge in [0.25, 0.3) is 0 Å². The van der Waals surface area contributed by atoms with Crippen molar-refractivity contribution in [3.8, 4) is 0 Å². The number of hydrogen-bond donors (Lipinski definition) is 0. The van der Waals surface area contributed by atoms with Crippen molar-refractivity contribution in [2.45, 2.75) is 32.7 Å². The Balaban J connectivity index is 2.65. The van der Waals surface area contributed by atoms with Crippen molar-refractivity contribution in [1.82, 2.24) is 14.3 Å². The summed E-state index contributed by atoms with van der Waals surface area (Å²) < 4.78 is 2.20. The standard InChI is InChI=1S/C14H21N3/c1-14(2,3)13-11(10-16(4)5)17-9-7-6-8-12(17)15-13/h6-9H,10H2,1-5H3. The molecule has 0 fully saturated rings. The van der Waals surface area contributed by atoms with Crippen molar-refractivity contribution in [2.24, 2.45) is 0 Å². The van der Waals surface area contributed by atoms with Gasteiger partial charge in [0.15, 0.2) is 0 Å². The molecule has 0 aliphatic carbocycles. The van der Waals surface area contributed by atoms with Gasteiger partial charge in [0.05, 0.1) is 11.4 Å². The molecule has 0 bridgehead atoms. The fraction of sp³-hybridized carbons (Fsp3) is 0.500. The molecule has 17 heavy (non-hydrogen) atoms. The van der Waals surface area contributed by atoms with E-state index >= 15 is 0 Å². The maximum Gasteiger partial charge on any atom is 0.137 e. The summed E-state index contributed by atoms with van der Waals surface area (Å²) in [7, 11) is 4.18. The van der Waals surface area contributed by atoms with E-state index in [0.717, 1.165) is 12.2 Å². The predicted molar refractivity (Wildman–Crippen MR) is 71.3 cm³/mol. The number of aromatic nitrogens is 2. The molecule has 0 N–H and O–H groups in total. The van der Waals surface area contributed by atoms with Crippen LogP contribution in [0.1, 0.15) is 32.2 Å². The van der Waals surface area contributed by atoms with Crippen LogP contribution < -0.4 is 0 Å². The topological polar surface area (TPSA) is 20.5 Å². The Morgan fingerprint density at radius 3 is 2.53 bits per heavy atom. The monoisotopic (exact) mass is 231 g/mol. The Hall–Kier alpha value is -1.35. The van der Waals surface area contributed by atoms with Crippen LogP contribution in [0.4, 0.5) is 0 Å². The molecule has 2 aromatic rings. The smallest absolute Gasteiger partial charge is 0.137 e. The minimum Gasteiger partial charge on any atom is -0.304 e. The van der Waals surface area contributed by atoms with Crippen LogP contribution in [0.25, 0.3) is 5.65 Å². The fourth-order valence-corrected chi connectivity index (χ4v) is 2.10. The highest BCUT2D eigenvalue weighted by Gasteiger charge is 2.23. The zero-order valence-corrected chi connectivity index (χ0v) is 11.4. The van der Waals surface area contributed by atoms with E-state index in [1.54, 1.807) is 0 Å². The molecule has 0 saturated heterocycles. The lowest BCUT2D eigenvalue weighted by Gasteiger charge is -2.19. The highest BCUT2D eigenvalue weighted by Crippen LogP contribution is 2.26. The molecule has 2 aromatic heterocycles. The summed E-state index contributed by atoms with van der Waals surface area (Å²) in [6.07, 6.45) is 2.09. The second-order valence-electron chi connectivity index (χ2n) is 5.82. The second-order valence-corrected chi connectivity index (χ2v) is 5.82. The lowest BCUT2D eigenvalue weighted by Crippen LogP contribution is -2.19. The van der Waals surface area contributed by atoms with Crippen LogP contribution in [0, 0.1) is 0 Å². The highest BCUT2D eigenvalue weighted by atomic mass is 15.1. The number of fused-ring (bicyclic) bond motifs is 1. The number of nitrogens with zero attached hydrogens (tertiary/aromatic N) is 3. The molecule has 3 heteroatoms. The first-order chi connectivity index (χ1) is 7.89. The summed E-state index contributed by atoms with van der Waals surface area (Å²) in [5, 5.41) is 0. The third-order valence-electron chi connectivity index (χ3n) is 2.81. The number of rotatable bonds is 2. The Morgan fingerprint density at radius 1 is 1.24 bits per heavy atom. The minimum absolute atomic E-state index is 0.0807. The van der Waals surface area contributed by atoms with Crippen molar-refractivity contribution in [2.75, 3.05) is 14.1 Å². The lowest BCUT2D eigenvalue weighted by atomic mass is 9.90. The van der Waals surface area contributed by atoms with Crippen LogP contribution in [0.5, 0.6) is 0 Å². The van der Waals surface area contributed by atoms with Gasteiger partial charge >= 0.3 is 0 Å². The zero-order chi connectivity index (χ0) is 12.6. The summed E-state index contributed by atoms with van der Waals surface area (Å²) in [4.78, 5) is 6.96. The Labute approximate surface area is 103 Å². The van der Waals surface area contributed by atoms with Gasteiger partial charge in [0.2, 0.25) is 0 Å². The molecule has 0 saturated carbocycles. The van der Waals surface area contributed by atoms with Gasteiger partial charge in [0.1, 0.15) is 5.65 Å². The summed E-state index contributed by atoms with van der Waals surface area (Å²) in [5.74, 6) is 0. The molecule has 0 atom stereocenters. The molecule has 0 aliphatic heterocycles. The van der Waals surface area contributed by atoms with Gasteiger partial charge in [-0.05, 0) is 26.2 Å². The van der Waals surface area contributed by atoms with Crippen LogP contribution in [0.3, 0.4) is 0 Å². The second kappa shape index (κ2) is 4.15. The summed E-state index contributed by atoms with van der Waals surface area (Å²) in [6, 6.07) is 6.16. The molecule has 2 rings (SSSR count). The fourth-order valence-electron chi connectivity index (χ4n) is 2.10. The van der Waals surface area contributed by atoms with Crippen LogP contribution in [0.2, 0.25) is 0 Å². The Morgan fingerprint density at radius 2 is 1.94 bits per heavy atom. The van der Waals surface area contributed by atoms with Crippen molar-refractivity contribution in [3.63, 3.8) is 0 Å². The van der Waals surface area contributed by atoms with E-state index < -0.39 is 0 Å². The van der Waals surface area contributed by atoms with E-state index in [1.165, 1.54) is 11.4 Å². The highest BCUT2D eigenvalue weighted by molar-refractivity contribution is 5.44.